The van der Waals surface area contributed by atoms with Gasteiger partial charge in [-0.05, 0) is 64.5 Å². The van der Waals surface area contributed by atoms with E-state index in [4.69, 9.17) is 14.6 Å². The monoisotopic (exact) mass is 504 g/mol. The molecule has 202 valence electrons. The predicted molar refractivity (Wildman–Crippen MR) is 139 cm³/mol. The Balaban J connectivity index is 1.65. The molecule has 3 rings (SSSR count). The summed E-state index contributed by atoms with van der Waals surface area (Å²) >= 11 is 0. The number of amides is 3. The molecule has 9 heteroatoms. The van der Waals surface area contributed by atoms with Crippen LogP contribution in [0.25, 0.3) is 0 Å². The molecule has 2 aliphatic heterocycles. The summed E-state index contributed by atoms with van der Waals surface area (Å²) in [5.74, 6) is 0.710. The molecule has 3 atom stereocenters. The molecule has 3 amide bonds. The Kier molecular flexibility index (Phi) is 11.3. The van der Waals surface area contributed by atoms with Crippen molar-refractivity contribution in [3.8, 4) is 0 Å². The topological polar surface area (TPSA) is 112 Å². The molecule has 0 saturated carbocycles. The number of hydrogen-bond acceptors (Lipinski definition) is 5. The third kappa shape index (κ3) is 8.94. The van der Waals surface area contributed by atoms with Crippen LogP contribution in [0.2, 0.25) is 0 Å². The second kappa shape index (κ2) is 14.4. The highest BCUT2D eigenvalue weighted by atomic mass is 16.5. The first-order valence-corrected chi connectivity index (χ1v) is 13.3. The minimum absolute atomic E-state index is 0.0151. The average molecular weight is 505 g/mol. The lowest BCUT2D eigenvalue weighted by atomic mass is 9.87. The first-order chi connectivity index (χ1) is 17.4. The van der Waals surface area contributed by atoms with Gasteiger partial charge in [0, 0.05) is 51.4 Å². The fourth-order valence-electron chi connectivity index (χ4n) is 5.55. The fourth-order valence-corrected chi connectivity index (χ4v) is 5.55. The van der Waals surface area contributed by atoms with Crippen molar-refractivity contribution in [3.63, 3.8) is 0 Å². The molecule has 2 aliphatic rings. The molecule has 0 aliphatic carbocycles. The maximum atomic E-state index is 13.3. The van der Waals surface area contributed by atoms with Gasteiger partial charge in [0.2, 0.25) is 0 Å². The molecule has 9 nitrogen and oxygen atoms in total. The van der Waals surface area contributed by atoms with Crippen LogP contribution in [0, 0.1) is 25.7 Å². The van der Waals surface area contributed by atoms with Crippen LogP contribution >= 0.6 is 0 Å². The van der Waals surface area contributed by atoms with Gasteiger partial charge in [0.05, 0.1) is 12.7 Å². The molecule has 0 radical (unpaired) electrons. The highest BCUT2D eigenvalue weighted by Gasteiger charge is 2.32. The van der Waals surface area contributed by atoms with Crippen molar-refractivity contribution in [1.82, 2.24) is 20.9 Å². The molecule has 36 heavy (non-hydrogen) atoms. The molecule has 2 fully saturated rings. The third-order valence-corrected chi connectivity index (χ3v) is 7.16. The van der Waals surface area contributed by atoms with E-state index < -0.39 is 6.09 Å². The van der Waals surface area contributed by atoms with Gasteiger partial charge >= 0.3 is 12.1 Å². The second-order valence-corrected chi connectivity index (χ2v) is 10.3. The highest BCUT2D eigenvalue weighted by molar-refractivity contribution is 5.74. The van der Waals surface area contributed by atoms with Crippen molar-refractivity contribution in [1.29, 1.82) is 0 Å². The number of aryl methyl sites for hydroxylation is 2. The molecule has 2 heterocycles. The Morgan fingerprint density at radius 2 is 1.89 bits per heavy atom. The van der Waals surface area contributed by atoms with E-state index in [1.807, 2.05) is 11.9 Å². The number of nitrogens with one attached hydrogen (secondary N) is 3. The number of rotatable bonds is 11. The van der Waals surface area contributed by atoms with Gasteiger partial charge in [0.15, 0.2) is 0 Å². The van der Waals surface area contributed by atoms with Crippen molar-refractivity contribution in [2.75, 3.05) is 53.0 Å². The Bertz CT molecular complexity index is 825. The van der Waals surface area contributed by atoms with Gasteiger partial charge in [0.25, 0.3) is 0 Å². The van der Waals surface area contributed by atoms with E-state index in [9.17, 15) is 9.59 Å². The van der Waals surface area contributed by atoms with E-state index in [0.29, 0.717) is 12.5 Å². The van der Waals surface area contributed by atoms with Gasteiger partial charge in [-0.3, -0.25) is 0 Å². The van der Waals surface area contributed by atoms with Crippen LogP contribution in [0.15, 0.2) is 18.2 Å². The maximum Gasteiger partial charge on any atom is 0.404 e. The highest BCUT2D eigenvalue weighted by Crippen LogP contribution is 2.34. The fraction of sp³-hybridized carbons (Fsp3) is 0.704. The zero-order chi connectivity index (χ0) is 25.9. The van der Waals surface area contributed by atoms with Gasteiger partial charge in [-0.1, -0.05) is 29.3 Å². The number of carbonyl (C=O) groups excluding carboxylic acids is 1. The van der Waals surface area contributed by atoms with Gasteiger partial charge in [0.1, 0.15) is 0 Å². The van der Waals surface area contributed by atoms with E-state index in [2.05, 4.69) is 48.0 Å². The number of nitrogens with zero attached hydrogens (tertiary/aromatic N) is 1. The van der Waals surface area contributed by atoms with E-state index >= 15 is 0 Å². The number of piperidine rings is 1. The molecule has 0 aromatic heterocycles. The number of carbonyl (C=O) groups is 2. The molecule has 1 aromatic carbocycles. The lowest BCUT2D eigenvalue weighted by Crippen LogP contribution is -2.52. The molecule has 1 unspecified atom stereocenters. The van der Waals surface area contributed by atoms with Crippen LogP contribution in [-0.2, 0) is 9.47 Å². The summed E-state index contributed by atoms with van der Waals surface area (Å²) in [6.45, 7) is 8.34. The number of carboxylic acid groups (broad SMARTS) is 1. The minimum atomic E-state index is -1.06. The second-order valence-electron chi connectivity index (χ2n) is 10.3. The largest absolute Gasteiger partial charge is 0.465 e. The minimum Gasteiger partial charge on any atom is -0.465 e. The molecule has 1 aromatic rings. The van der Waals surface area contributed by atoms with Crippen LogP contribution in [0.1, 0.15) is 54.9 Å². The van der Waals surface area contributed by atoms with Gasteiger partial charge in [-0.25, -0.2) is 9.59 Å². The maximum absolute atomic E-state index is 13.3. The Morgan fingerprint density at radius 3 is 2.56 bits per heavy atom. The van der Waals surface area contributed by atoms with Crippen molar-refractivity contribution in [3.05, 3.63) is 34.9 Å². The Labute approximate surface area is 215 Å². The van der Waals surface area contributed by atoms with Crippen molar-refractivity contribution in [2.24, 2.45) is 11.8 Å². The first-order valence-electron chi connectivity index (χ1n) is 13.3. The van der Waals surface area contributed by atoms with E-state index in [0.717, 1.165) is 75.1 Å². The lowest BCUT2D eigenvalue weighted by Gasteiger charge is -2.38. The average Bonchev–Trinajstić information content (AvgIpc) is 2.84. The summed E-state index contributed by atoms with van der Waals surface area (Å²) in [5, 5.41) is 17.8. The molecule has 0 spiro atoms. The van der Waals surface area contributed by atoms with Crippen molar-refractivity contribution < 1.29 is 24.2 Å². The Morgan fingerprint density at radius 1 is 1.17 bits per heavy atom. The quantitative estimate of drug-likeness (QED) is 0.344. The predicted octanol–water partition coefficient (Wildman–Crippen LogP) is 3.46. The summed E-state index contributed by atoms with van der Waals surface area (Å²) < 4.78 is 11.8. The summed E-state index contributed by atoms with van der Waals surface area (Å²) in [4.78, 5) is 26.1. The van der Waals surface area contributed by atoms with Gasteiger partial charge < -0.3 is 35.4 Å². The lowest BCUT2D eigenvalue weighted by molar-refractivity contribution is -0.00861. The van der Waals surface area contributed by atoms with Crippen LogP contribution < -0.4 is 16.0 Å². The van der Waals surface area contributed by atoms with Crippen LogP contribution in [0.3, 0.4) is 0 Å². The van der Waals surface area contributed by atoms with Crippen molar-refractivity contribution in [2.45, 2.75) is 58.1 Å². The third-order valence-electron chi connectivity index (χ3n) is 7.16. The Hall–Kier alpha value is -2.36. The summed E-state index contributed by atoms with van der Waals surface area (Å²) in [6, 6.07) is 6.47. The van der Waals surface area contributed by atoms with Crippen LogP contribution in [0.5, 0.6) is 0 Å². The molecular weight excluding hydrogens is 460 g/mol. The van der Waals surface area contributed by atoms with Gasteiger partial charge in [-0.2, -0.15) is 0 Å². The molecule has 4 N–H and O–H groups in total. The number of benzene rings is 1. The number of likely N-dealkylation sites (N-methyl/N-ethyl adjacent to an activating group) is 1. The molecular formula is C27H44N4O5. The molecule has 2 saturated heterocycles. The number of urea groups is 1. The first kappa shape index (κ1) is 28.2. The number of likely N-dealkylation sites (tertiary alicyclic amines) is 1. The zero-order valence-electron chi connectivity index (χ0n) is 22.1. The number of ether oxygens (including phenoxy) is 2. The standard InChI is InChI=1S/C27H44N4O5/c1-19-13-20(2)15-23(14-19)25(36-12-8-29-27(33)34)22-5-4-9-31(18-22)26(32)30-24(17-28-3)16-21-6-10-35-11-7-21/h13-15,21-22,24-25,28-29H,4-12,16-18H2,1-3H3,(H,30,32)(H,33,34)/t22-,24+,25?/m1/s1. The van der Waals surface area contributed by atoms with Crippen LogP contribution in [0.4, 0.5) is 9.59 Å². The number of hydrogen-bond donors (Lipinski definition) is 4. The summed E-state index contributed by atoms with van der Waals surface area (Å²) in [7, 11) is 1.92. The molecule has 0 bridgehead atoms. The normalized spacial score (nSPS) is 20.5. The smallest absolute Gasteiger partial charge is 0.404 e. The van der Waals surface area contributed by atoms with E-state index in [1.165, 1.54) is 0 Å². The van der Waals surface area contributed by atoms with Crippen LogP contribution in [-0.4, -0.2) is 81.2 Å². The van der Waals surface area contributed by atoms with Gasteiger partial charge in [-0.15, -0.1) is 0 Å². The summed E-state index contributed by atoms with van der Waals surface area (Å²) in [5.41, 5.74) is 3.41. The van der Waals surface area contributed by atoms with E-state index in [1.54, 1.807) is 0 Å². The zero-order valence-corrected chi connectivity index (χ0v) is 22.1. The summed E-state index contributed by atoms with van der Waals surface area (Å²) in [6.07, 6.45) is 3.66. The van der Waals surface area contributed by atoms with E-state index in [-0.39, 0.29) is 37.2 Å². The van der Waals surface area contributed by atoms with Crippen molar-refractivity contribution >= 4 is 12.1 Å². The SMILES string of the molecule is CNC[C@H](CC1CCOCC1)NC(=O)N1CCC[C@@H](C(OCCNC(=O)O)c2cc(C)cc(C)c2)C1.